The summed E-state index contributed by atoms with van der Waals surface area (Å²) in [5, 5.41) is 9.11. The van der Waals surface area contributed by atoms with E-state index < -0.39 is 0 Å². The quantitative estimate of drug-likeness (QED) is 0.780. The van der Waals surface area contributed by atoms with Gasteiger partial charge < -0.3 is 9.84 Å². The molecule has 2 rings (SSSR count). The van der Waals surface area contributed by atoms with Crippen molar-refractivity contribution in [3.63, 3.8) is 0 Å². The van der Waals surface area contributed by atoms with Gasteiger partial charge in [-0.15, -0.1) is 0 Å². The largest absolute Gasteiger partial charge is 0.508 e. The Hall–Kier alpha value is -1.18. The van der Waals surface area contributed by atoms with Crippen molar-refractivity contribution in [1.82, 2.24) is 0 Å². The van der Waals surface area contributed by atoms with E-state index >= 15 is 0 Å². The molecule has 1 aliphatic carbocycles. The van der Waals surface area contributed by atoms with Crippen LogP contribution in [0.15, 0.2) is 24.3 Å². The number of rotatable bonds is 2. The van der Waals surface area contributed by atoms with E-state index in [1.165, 1.54) is 6.42 Å². The monoisotopic (exact) mass is 192 g/mol. The van der Waals surface area contributed by atoms with E-state index in [1.54, 1.807) is 12.1 Å². The van der Waals surface area contributed by atoms with Crippen LogP contribution in [0.1, 0.15) is 26.7 Å². The number of benzene rings is 1. The number of phenolic OH excluding ortho intramolecular Hbond substituents is 1. The maximum atomic E-state index is 9.11. The maximum Gasteiger partial charge on any atom is 0.120 e. The van der Waals surface area contributed by atoms with Gasteiger partial charge in [-0.2, -0.15) is 0 Å². The van der Waals surface area contributed by atoms with Crippen molar-refractivity contribution in [3.05, 3.63) is 24.3 Å². The third kappa shape index (κ3) is 1.69. The summed E-state index contributed by atoms with van der Waals surface area (Å²) < 4.78 is 5.81. The van der Waals surface area contributed by atoms with Crippen molar-refractivity contribution in [3.8, 4) is 11.5 Å². The van der Waals surface area contributed by atoms with Crippen LogP contribution in [0.3, 0.4) is 0 Å². The van der Waals surface area contributed by atoms with Gasteiger partial charge in [0, 0.05) is 5.41 Å². The van der Waals surface area contributed by atoms with Crippen LogP contribution in [0.5, 0.6) is 11.5 Å². The van der Waals surface area contributed by atoms with Crippen molar-refractivity contribution >= 4 is 0 Å². The number of hydrogen-bond acceptors (Lipinski definition) is 2. The Morgan fingerprint density at radius 3 is 2.36 bits per heavy atom. The minimum atomic E-state index is 0.283. The average molecular weight is 192 g/mol. The van der Waals surface area contributed by atoms with Crippen LogP contribution in [-0.4, -0.2) is 11.2 Å². The normalized spacial score (nSPS) is 24.0. The fourth-order valence-electron chi connectivity index (χ4n) is 1.75. The highest BCUT2D eigenvalue weighted by molar-refractivity contribution is 5.30. The van der Waals surface area contributed by atoms with Gasteiger partial charge in [-0.3, -0.25) is 0 Å². The predicted octanol–water partition coefficient (Wildman–Crippen LogP) is 2.96. The van der Waals surface area contributed by atoms with Crippen LogP contribution >= 0.6 is 0 Å². The highest BCUT2D eigenvalue weighted by Crippen LogP contribution is 2.42. The van der Waals surface area contributed by atoms with Crippen molar-refractivity contribution < 1.29 is 9.84 Å². The molecule has 1 fully saturated rings. The van der Waals surface area contributed by atoms with Crippen molar-refractivity contribution in [2.24, 2.45) is 5.41 Å². The molecule has 1 aliphatic rings. The van der Waals surface area contributed by atoms with Gasteiger partial charge in [0.15, 0.2) is 0 Å². The number of ether oxygens (including phenoxy) is 1. The average Bonchev–Trinajstić information content (AvgIpc) is 2.15. The zero-order valence-electron chi connectivity index (χ0n) is 8.66. The maximum absolute atomic E-state index is 9.11. The van der Waals surface area contributed by atoms with E-state index in [0.29, 0.717) is 11.5 Å². The Morgan fingerprint density at radius 1 is 1.29 bits per heavy atom. The van der Waals surface area contributed by atoms with Gasteiger partial charge in [0.25, 0.3) is 0 Å². The lowest BCUT2D eigenvalue weighted by Gasteiger charge is -2.43. The van der Waals surface area contributed by atoms with Crippen LogP contribution in [0.2, 0.25) is 0 Å². The second-order valence-electron chi connectivity index (χ2n) is 4.63. The molecule has 2 nitrogen and oxygen atoms in total. The summed E-state index contributed by atoms with van der Waals surface area (Å²) in [6, 6.07) is 6.93. The fourth-order valence-corrected chi connectivity index (χ4v) is 1.75. The Labute approximate surface area is 84.5 Å². The highest BCUT2D eigenvalue weighted by atomic mass is 16.5. The zero-order chi connectivity index (χ0) is 10.2. The first-order valence-corrected chi connectivity index (χ1v) is 5.04. The molecule has 0 aromatic heterocycles. The third-order valence-corrected chi connectivity index (χ3v) is 3.04. The molecular weight excluding hydrogens is 176 g/mol. The molecule has 76 valence electrons. The summed E-state index contributed by atoms with van der Waals surface area (Å²) in [6.07, 6.45) is 2.69. The molecule has 0 saturated heterocycles. The molecule has 0 bridgehead atoms. The molecule has 0 radical (unpaired) electrons. The molecule has 2 heteroatoms. The van der Waals surface area contributed by atoms with Crippen LogP contribution in [0.25, 0.3) is 0 Å². The molecule has 1 unspecified atom stereocenters. The van der Waals surface area contributed by atoms with Crippen LogP contribution in [0.4, 0.5) is 0 Å². The molecule has 14 heavy (non-hydrogen) atoms. The molecule has 0 heterocycles. The van der Waals surface area contributed by atoms with Gasteiger partial charge in [-0.25, -0.2) is 0 Å². The van der Waals surface area contributed by atoms with E-state index in [0.717, 1.165) is 12.2 Å². The standard InChI is InChI=1S/C12H16O2/c1-12(2)8-7-11(12)14-10-5-3-9(13)4-6-10/h3-6,11,13H,7-8H2,1-2H3. The minimum absolute atomic E-state index is 0.283. The van der Waals surface area contributed by atoms with Crippen LogP contribution in [-0.2, 0) is 0 Å². The SMILES string of the molecule is CC1(C)CCC1Oc1ccc(O)cc1. The van der Waals surface area contributed by atoms with E-state index in [1.807, 2.05) is 12.1 Å². The van der Waals surface area contributed by atoms with Gasteiger partial charge in [0.1, 0.15) is 17.6 Å². The Balaban J connectivity index is 2.01. The van der Waals surface area contributed by atoms with Crippen molar-refractivity contribution in [2.45, 2.75) is 32.8 Å². The highest BCUT2D eigenvalue weighted by Gasteiger charge is 2.40. The fraction of sp³-hybridized carbons (Fsp3) is 0.500. The van der Waals surface area contributed by atoms with Gasteiger partial charge in [-0.1, -0.05) is 13.8 Å². The van der Waals surface area contributed by atoms with E-state index in [9.17, 15) is 0 Å². The summed E-state index contributed by atoms with van der Waals surface area (Å²) in [5.74, 6) is 1.13. The van der Waals surface area contributed by atoms with Gasteiger partial charge in [0.05, 0.1) is 0 Å². The molecule has 1 N–H and O–H groups in total. The molecule has 1 aromatic carbocycles. The van der Waals surface area contributed by atoms with Crippen LogP contribution < -0.4 is 4.74 Å². The summed E-state index contributed by atoms with van der Waals surface area (Å²) in [4.78, 5) is 0. The Bertz CT molecular complexity index is 314. The van der Waals surface area contributed by atoms with Crippen molar-refractivity contribution in [1.29, 1.82) is 0 Å². The molecule has 1 atom stereocenters. The van der Waals surface area contributed by atoms with E-state index in [4.69, 9.17) is 9.84 Å². The summed E-state index contributed by atoms with van der Waals surface area (Å²) >= 11 is 0. The third-order valence-electron chi connectivity index (χ3n) is 3.04. The lowest BCUT2D eigenvalue weighted by Crippen LogP contribution is -2.43. The molecule has 1 aromatic rings. The van der Waals surface area contributed by atoms with Gasteiger partial charge in [-0.05, 0) is 37.1 Å². The Morgan fingerprint density at radius 2 is 1.93 bits per heavy atom. The van der Waals surface area contributed by atoms with E-state index in [-0.39, 0.29) is 5.75 Å². The first-order chi connectivity index (χ1) is 6.58. The predicted molar refractivity (Wildman–Crippen MR) is 55.5 cm³/mol. The van der Waals surface area contributed by atoms with Gasteiger partial charge >= 0.3 is 0 Å². The smallest absolute Gasteiger partial charge is 0.120 e. The molecule has 1 saturated carbocycles. The summed E-state index contributed by atoms with van der Waals surface area (Å²) in [5.41, 5.74) is 0.303. The molecule has 0 aliphatic heterocycles. The van der Waals surface area contributed by atoms with E-state index in [2.05, 4.69) is 13.8 Å². The first kappa shape index (κ1) is 9.38. The van der Waals surface area contributed by atoms with Gasteiger partial charge in [0.2, 0.25) is 0 Å². The van der Waals surface area contributed by atoms with Crippen molar-refractivity contribution in [2.75, 3.05) is 0 Å². The number of aromatic hydroxyl groups is 1. The minimum Gasteiger partial charge on any atom is -0.508 e. The summed E-state index contributed by atoms with van der Waals surface area (Å²) in [7, 11) is 0. The Kier molecular flexibility index (Phi) is 2.14. The molecular formula is C12H16O2. The first-order valence-electron chi connectivity index (χ1n) is 5.04. The number of phenols is 1. The second-order valence-corrected chi connectivity index (χ2v) is 4.63. The topological polar surface area (TPSA) is 29.5 Å². The lowest BCUT2D eigenvalue weighted by atomic mass is 9.69. The van der Waals surface area contributed by atoms with Crippen LogP contribution in [0, 0.1) is 5.41 Å². The zero-order valence-corrected chi connectivity index (χ0v) is 8.66. The number of hydrogen-bond donors (Lipinski definition) is 1. The second kappa shape index (κ2) is 3.19. The lowest BCUT2D eigenvalue weighted by molar-refractivity contribution is -0.0184. The molecule has 0 amide bonds. The summed E-state index contributed by atoms with van der Waals surface area (Å²) in [6.45, 7) is 4.45. The molecule has 0 spiro atoms.